The fourth-order valence-electron chi connectivity index (χ4n) is 4.46. The van der Waals surface area contributed by atoms with Crippen LogP contribution in [0.25, 0.3) is 0 Å². The van der Waals surface area contributed by atoms with E-state index in [4.69, 9.17) is 16.2 Å². The van der Waals surface area contributed by atoms with Gasteiger partial charge in [0.15, 0.2) is 5.41 Å². The van der Waals surface area contributed by atoms with Crippen molar-refractivity contribution in [3.63, 3.8) is 0 Å². The molecule has 0 radical (unpaired) electrons. The molecule has 2 amide bonds. The minimum Gasteiger partial charge on any atom is -0.462 e. The van der Waals surface area contributed by atoms with Crippen LogP contribution in [0, 0.1) is 16.7 Å². The number of nitrogens with two attached hydrogens (primary N) is 2. The summed E-state index contributed by atoms with van der Waals surface area (Å²) >= 11 is 0. The molecule has 8 nitrogen and oxygen atoms in total. The lowest BCUT2D eigenvalue weighted by Gasteiger charge is -2.33. The number of carbonyl (C=O) groups is 3. The van der Waals surface area contributed by atoms with Crippen molar-refractivity contribution in [3.8, 4) is 6.07 Å². The number of amides is 2. The number of nitriles is 1. The molecular weight excluding hydrogens is 441 g/mol. The highest BCUT2D eigenvalue weighted by molar-refractivity contribution is 5.96. The number of esters is 1. The first-order valence-corrected chi connectivity index (χ1v) is 9.91. The molecule has 0 spiro atoms. The molecule has 0 aliphatic carbocycles. The van der Waals surface area contributed by atoms with E-state index in [0.717, 1.165) is 29.3 Å². The predicted octanol–water partition coefficient (Wildman–Crippen LogP) is 1.73. The van der Waals surface area contributed by atoms with Crippen molar-refractivity contribution in [1.82, 2.24) is 4.90 Å². The molecular formula is C22H21F3N4O4. The second kappa shape index (κ2) is 8.27. The van der Waals surface area contributed by atoms with E-state index < -0.39 is 64.6 Å². The Morgan fingerprint density at radius 2 is 1.85 bits per heavy atom. The van der Waals surface area contributed by atoms with Crippen LogP contribution in [0.4, 0.5) is 13.2 Å². The third-order valence-corrected chi connectivity index (χ3v) is 5.70. The zero-order chi connectivity index (χ0) is 24.7. The highest BCUT2D eigenvalue weighted by Gasteiger charge is 2.67. The van der Waals surface area contributed by atoms with E-state index in [-0.39, 0.29) is 5.57 Å². The van der Waals surface area contributed by atoms with Crippen LogP contribution in [0.1, 0.15) is 30.9 Å². The smallest absolute Gasteiger partial charge is 0.416 e. The molecule has 1 aromatic rings. The molecule has 3 rings (SSSR count). The quantitative estimate of drug-likeness (QED) is 0.639. The number of primary amides is 2. The van der Waals surface area contributed by atoms with Crippen LogP contribution in [-0.4, -0.2) is 40.9 Å². The van der Waals surface area contributed by atoms with Gasteiger partial charge in [-0.05, 0) is 31.6 Å². The van der Waals surface area contributed by atoms with Gasteiger partial charge in [-0.3, -0.25) is 14.4 Å². The van der Waals surface area contributed by atoms with Crippen LogP contribution < -0.4 is 11.5 Å². The normalized spacial score (nSPS) is 26.4. The Balaban J connectivity index is 2.38. The average molecular weight is 462 g/mol. The number of fused-ring (bicyclic) bond motifs is 1. The Bertz CT molecular complexity index is 1110. The van der Waals surface area contributed by atoms with Gasteiger partial charge in [0, 0.05) is 12.1 Å². The van der Waals surface area contributed by atoms with Gasteiger partial charge in [0.25, 0.3) is 0 Å². The Hall–Kier alpha value is -3.81. The third-order valence-electron chi connectivity index (χ3n) is 5.70. The minimum atomic E-state index is -4.85. The van der Waals surface area contributed by atoms with Crippen molar-refractivity contribution < 1.29 is 32.3 Å². The van der Waals surface area contributed by atoms with Gasteiger partial charge in [-0.2, -0.15) is 18.4 Å². The molecule has 2 heterocycles. The molecule has 4 N–H and O–H groups in total. The molecule has 1 fully saturated rings. The lowest BCUT2D eigenvalue weighted by atomic mass is 9.67. The summed E-state index contributed by atoms with van der Waals surface area (Å²) < 4.78 is 47.0. The zero-order valence-electron chi connectivity index (χ0n) is 17.7. The van der Waals surface area contributed by atoms with E-state index in [1.54, 1.807) is 0 Å². The fourth-order valence-corrected chi connectivity index (χ4v) is 4.46. The number of hydrogen-bond donors (Lipinski definition) is 2. The van der Waals surface area contributed by atoms with Crippen LogP contribution in [0.5, 0.6) is 0 Å². The van der Waals surface area contributed by atoms with Gasteiger partial charge in [0.2, 0.25) is 11.8 Å². The number of carbonyl (C=O) groups excluding carboxylic acids is 3. The zero-order valence-corrected chi connectivity index (χ0v) is 17.7. The minimum absolute atomic E-state index is 0.0775. The molecule has 174 valence electrons. The molecule has 2 aliphatic rings. The van der Waals surface area contributed by atoms with Crippen molar-refractivity contribution in [2.75, 3.05) is 0 Å². The summed E-state index contributed by atoms with van der Waals surface area (Å²) in [6.45, 7) is 3.03. The standard InChI is InChI=1S/C22H21F3N4O4/c1-11(2)33-20(32)21(10-26)15-8-7-12(18(27)30)9-29(15)17(19(28)31)16(21)13-5-3-4-6-14(13)22(23,24)25/h3-9,11,15-17H,1-2H3,(H2,27,30)(H2,28,31)/t15-,16-,17-,21+/m0/s1. The lowest BCUT2D eigenvalue weighted by Crippen LogP contribution is -2.46. The van der Waals surface area contributed by atoms with Crippen molar-refractivity contribution >= 4 is 17.8 Å². The first-order valence-electron chi connectivity index (χ1n) is 9.91. The monoisotopic (exact) mass is 462 g/mol. The Labute approximate surface area is 187 Å². The van der Waals surface area contributed by atoms with Gasteiger partial charge >= 0.3 is 12.1 Å². The fraction of sp³-hybridized carbons (Fsp3) is 0.364. The second-order valence-corrected chi connectivity index (χ2v) is 8.04. The number of rotatable bonds is 5. The Morgan fingerprint density at radius 3 is 2.36 bits per heavy atom. The van der Waals surface area contributed by atoms with Gasteiger partial charge in [-0.25, -0.2) is 0 Å². The second-order valence-electron chi connectivity index (χ2n) is 8.04. The van der Waals surface area contributed by atoms with Crippen molar-refractivity contribution in [1.29, 1.82) is 5.26 Å². The van der Waals surface area contributed by atoms with E-state index in [2.05, 4.69) is 0 Å². The first kappa shape index (κ1) is 23.8. The molecule has 4 atom stereocenters. The van der Waals surface area contributed by atoms with Gasteiger partial charge < -0.3 is 21.1 Å². The lowest BCUT2D eigenvalue weighted by molar-refractivity contribution is -0.158. The molecule has 1 saturated heterocycles. The highest BCUT2D eigenvalue weighted by atomic mass is 19.4. The summed E-state index contributed by atoms with van der Waals surface area (Å²) in [6.07, 6.45) is -1.90. The maximum absolute atomic E-state index is 13.9. The molecule has 2 aliphatic heterocycles. The molecule has 11 heteroatoms. The summed E-state index contributed by atoms with van der Waals surface area (Å²) in [6, 6.07) is 3.36. The number of nitrogens with zero attached hydrogens (tertiary/aromatic N) is 2. The summed E-state index contributed by atoms with van der Waals surface area (Å²) in [5.74, 6) is -4.74. The summed E-state index contributed by atoms with van der Waals surface area (Å²) in [7, 11) is 0. The largest absolute Gasteiger partial charge is 0.462 e. The van der Waals surface area contributed by atoms with E-state index in [1.165, 1.54) is 32.1 Å². The number of alkyl halides is 3. The van der Waals surface area contributed by atoms with E-state index >= 15 is 0 Å². The SMILES string of the molecule is CC(C)OC(=O)[C@]1(C#N)[C@@H]2C=CC(C(N)=O)=CN2[C@H](C(N)=O)[C@@H]1c1ccccc1C(F)(F)F. The number of benzene rings is 1. The molecule has 1 aromatic carbocycles. The summed E-state index contributed by atoms with van der Waals surface area (Å²) in [5, 5.41) is 10.3. The van der Waals surface area contributed by atoms with E-state index in [9.17, 15) is 32.8 Å². The number of halogens is 3. The van der Waals surface area contributed by atoms with Crippen molar-refractivity contribution in [3.05, 3.63) is 59.3 Å². The van der Waals surface area contributed by atoms with Crippen LogP contribution in [0.3, 0.4) is 0 Å². The van der Waals surface area contributed by atoms with Crippen LogP contribution >= 0.6 is 0 Å². The van der Waals surface area contributed by atoms with Crippen molar-refractivity contribution in [2.45, 2.75) is 44.1 Å². The Morgan fingerprint density at radius 1 is 1.21 bits per heavy atom. The third kappa shape index (κ3) is 3.82. The van der Waals surface area contributed by atoms with Gasteiger partial charge in [0.1, 0.15) is 6.04 Å². The Kier molecular flexibility index (Phi) is 5.98. The number of hydrogen-bond acceptors (Lipinski definition) is 6. The summed E-state index contributed by atoms with van der Waals surface area (Å²) in [5.41, 5.74) is 6.96. The first-order chi connectivity index (χ1) is 15.4. The number of ether oxygens (including phenoxy) is 1. The summed E-state index contributed by atoms with van der Waals surface area (Å²) in [4.78, 5) is 38.8. The molecule has 0 aromatic heterocycles. The molecule has 0 saturated carbocycles. The van der Waals surface area contributed by atoms with Crippen molar-refractivity contribution in [2.24, 2.45) is 16.9 Å². The van der Waals surface area contributed by atoms with Gasteiger partial charge in [0.05, 0.1) is 29.4 Å². The predicted molar refractivity (Wildman–Crippen MR) is 108 cm³/mol. The maximum atomic E-state index is 13.9. The van der Waals surface area contributed by atoms with Crippen LogP contribution in [0.15, 0.2) is 48.2 Å². The topological polar surface area (TPSA) is 140 Å². The molecule has 33 heavy (non-hydrogen) atoms. The van der Waals surface area contributed by atoms with Gasteiger partial charge in [-0.1, -0.05) is 24.3 Å². The van der Waals surface area contributed by atoms with Crippen LogP contribution in [-0.2, 0) is 25.3 Å². The van der Waals surface area contributed by atoms with Gasteiger partial charge in [-0.15, -0.1) is 0 Å². The van der Waals surface area contributed by atoms with Crippen LogP contribution in [0.2, 0.25) is 0 Å². The highest BCUT2D eigenvalue weighted by Crippen LogP contribution is 2.55. The molecule has 0 bridgehead atoms. The van der Waals surface area contributed by atoms with E-state index in [0.29, 0.717) is 0 Å². The average Bonchev–Trinajstić information content (AvgIpc) is 3.03. The van der Waals surface area contributed by atoms with E-state index in [1.807, 2.05) is 6.07 Å². The maximum Gasteiger partial charge on any atom is 0.416 e. The molecule has 0 unspecified atom stereocenters.